The molecule has 0 aliphatic heterocycles. The molecule has 2 aromatic carbocycles. The van der Waals surface area contributed by atoms with Crippen molar-refractivity contribution in [2.24, 2.45) is 0 Å². The minimum atomic E-state index is -0.594. The van der Waals surface area contributed by atoms with Gasteiger partial charge in [-0.1, -0.05) is 29.8 Å². The van der Waals surface area contributed by atoms with Crippen molar-refractivity contribution in [3.8, 4) is 0 Å². The van der Waals surface area contributed by atoms with E-state index in [1.165, 1.54) is 0 Å². The van der Waals surface area contributed by atoms with E-state index in [2.05, 4.69) is 5.32 Å². The molecule has 0 aliphatic rings. The SMILES string of the molecule is Cc1cccc(C)c1NC(=O)COC(=O)CCC(=O)c1ccc(Cl)cc1. The highest BCUT2D eigenvalue weighted by Gasteiger charge is 2.13. The molecule has 1 amide bonds. The Morgan fingerprint density at radius 3 is 2.19 bits per heavy atom. The van der Waals surface area contributed by atoms with Crippen molar-refractivity contribution in [2.45, 2.75) is 26.7 Å². The van der Waals surface area contributed by atoms with E-state index in [0.717, 1.165) is 11.1 Å². The Morgan fingerprint density at radius 1 is 0.962 bits per heavy atom. The maximum Gasteiger partial charge on any atom is 0.306 e. The van der Waals surface area contributed by atoms with Crippen LogP contribution < -0.4 is 5.32 Å². The zero-order valence-electron chi connectivity index (χ0n) is 14.7. The summed E-state index contributed by atoms with van der Waals surface area (Å²) in [6, 6.07) is 12.1. The standard InChI is InChI=1S/C20H20ClNO4/c1-13-4-3-5-14(2)20(13)22-18(24)12-26-19(25)11-10-17(23)15-6-8-16(21)9-7-15/h3-9H,10-12H2,1-2H3,(H,22,24). The summed E-state index contributed by atoms with van der Waals surface area (Å²) in [5.74, 6) is -1.19. The molecule has 0 fully saturated rings. The van der Waals surface area contributed by atoms with E-state index in [4.69, 9.17) is 16.3 Å². The first-order valence-corrected chi connectivity index (χ1v) is 8.55. The van der Waals surface area contributed by atoms with Gasteiger partial charge in [0.1, 0.15) is 0 Å². The van der Waals surface area contributed by atoms with Gasteiger partial charge in [0.15, 0.2) is 12.4 Å². The second-order valence-corrected chi connectivity index (χ2v) is 6.34. The van der Waals surface area contributed by atoms with Gasteiger partial charge in [0.25, 0.3) is 5.91 Å². The third kappa shape index (κ3) is 5.70. The van der Waals surface area contributed by atoms with Crippen molar-refractivity contribution in [3.05, 3.63) is 64.2 Å². The number of ketones is 1. The first-order chi connectivity index (χ1) is 12.4. The van der Waals surface area contributed by atoms with Gasteiger partial charge < -0.3 is 10.1 Å². The van der Waals surface area contributed by atoms with Gasteiger partial charge in [-0.05, 0) is 49.2 Å². The number of hydrogen-bond donors (Lipinski definition) is 1. The van der Waals surface area contributed by atoms with Crippen LogP contribution in [0, 0.1) is 13.8 Å². The fourth-order valence-corrected chi connectivity index (χ4v) is 2.53. The normalized spacial score (nSPS) is 10.3. The lowest BCUT2D eigenvalue weighted by molar-refractivity contribution is -0.147. The van der Waals surface area contributed by atoms with Gasteiger partial charge >= 0.3 is 5.97 Å². The van der Waals surface area contributed by atoms with Crippen LogP contribution in [0.5, 0.6) is 0 Å². The maximum atomic E-state index is 12.0. The first kappa shape index (κ1) is 19.7. The van der Waals surface area contributed by atoms with E-state index in [9.17, 15) is 14.4 Å². The fraction of sp³-hybridized carbons (Fsp3) is 0.250. The Morgan fingerprint density at radius 2 is 1.58 bits per heavy atom. The minimum Gasteiger partial charge on any atom is -0.456 e. The number of ether oxygens (including phenoxy) is 1. The number of rotatable bonds is 7. The molecule has 0 aromatic heterocycles. The van der Waals surface area contributed by atoms with E-state index >= 15 is 0 Å². The molecule has 5 nitrogen and oxygen atoms in total. The van der Waals surface area contributed by atoms with E-state index < -0.39 is 11.9 Å². The fourth-order valence-electron chi connectivity index (χ4n) is 2.40. The molecule has 26 heavy (non-hydrogen) atoms. The van der Waals surface area contributed by atoms with Gasteiger partial charge in [0.05, 0.1) is 6.42 Å². The summed E-state index contributed by atoms with van der Waals surface area (Å²) in [6.07, 6.45) is -0.0723. The molecule has 0 heterocycles. The average Bonchev–Trinajstić information content (AvgIpc) is 2.61. The number of amides is 1. The number of aryl methyl sites for hydroxylation is 2. The predicted molar refractivity (Wildman–Crippen MR) is 101 cm³/mol. The molecule has 2 aromatic rings. The highest BCUT2D eigenvalue weighted by Crippen LogP contribution is 2.19. The molecule has 0 bridgehead atoms. The zero-order valence-corrected chi connectivity index (χ0v) is 15.4. The molecule has 0 atom stereocenters. The quantitative estimate of drug-likeness (QED) is 0.585. The number of esters is 1. The van der Waals surface area contributed by atoms with Crippen LogP contribution in [0.15, 0.2) is 42.5 Å². The molecule has 136 valence electrons. The Hall–Kier alpha value is -2.66. The third-order valence-corrected chi connectivity index (χ3v) is 4.08. The van der Waals surface area contributed by atoms with Crippen molar-refractivity contribution >= 4 is 34.9 Å². The summed E-state index contributed by atoms with van der Waals surface area (Å²) >= 11 is 5.77. The molecule has 0 radical (unpaired) electrons. The van der Waals surface area contributed by atoms with Crippen molar-refractivity contribution in [1.82, 2.24) is 0 Å². The molecular weight excluding hydrogens is 354 g/mol. The number of para-hydroxylation sites is 1. The number of anilines is 1. The van der Waals surface area contributed by atoms with Crippen molar-refractivity contribution in [2.75, 3.05) is 11.9 Å². The highest BCUT2D eigenvalue weighted by molar-refractivity contribution is 6.30. The lowest BCUT2D eigenvalue weighted by Gasteiger charge is -2.11. The molecule has 0 unspecified atom stereocenters. The Balaban J connectivity index is 1.77. The van der Waals surface area contributed by atoms with E-state index in [1.54, 1.807) is 24.3 Å². The van der Waals surface area contributed by atoms with Crippen LogP contribution in [0.4, 0.5) is 5.69 Å². The minimum absolute atomic E-state index is 0.0129. The van der Waals surface area contributed by atoms with Crippen LogP contribution in [-0.2, 0) is 14.3 Å². The van der Waals surface area contributed by atoms with E-state index in [1.807, 2.05) is 32.0 Å². The lowest BCUT2D eigenvalue weighted by atomic mass is 10.1. The number of nitrogens with one attached hydrogen (secondary N) is 1. The highest BCUT2D eigenvalue weighted by atomic mass is 35.5. The van der Waals surface area contributed by atoms with Crippen molar-refractivity contribution in [1.29, 1.82) is 0 Å². The van der Waals surface area contributed by atoms with Gasteiger partial charge in [-0.15, -0.1) is 0 Å². The number of halogens is 1. The van der Waals surface area contributed by atoms with Gasteiger partial charge in [0.2, 0.25) is 0 Å². The molecule has 0 saturated heterocycles. The second kappa shape index (κ2) is 9.15. The topological polar surface area (TPSA) is 72.5 Å². The van der Waals surface area contributed by atoms with E-state index in [0.29, 0.717) is 16.3 Å². The van der Waals surface area contributed by atoms with Crippen LogP contribution in [0.25, 0.3) is 0 Å². The molecule has 2 rings (SSSR count). The van der Waals surface area contributed by atoms with E-state index in [-0.39, 0.29) is 25.2 Å². The molecule has 0 saturated carbocycles. The Labute approximate surface area is 157 Å². The summed E-state index contributed by atoms with van der Waals surface area (Å²) in [7, 11) is 0. The Kier molecular flexibility index (Phi) is 6.92. The number of carbonyl (C=O) groups is 3. The lowest BCUT2D eigenvalue weighted by Crippen LogP contribution is -2.22. The van der Waals surface area contributed by atoms with Gasteiger partial charge in [-0.2, -0.15) is 0 Å². The number of hydrogen-bond acceptors (Lipinski definition) is 4. The van der Waals surface area contributed by atoms with Crippen LogP contribution >= 0.6 is 11.6 Å². The van der Waals surface area contributed by atoms with Crippen LogP contribution in [0.2, 0.25) is 5.02 Å². The third-order valence-electron chi connectivity index (χ3n) is 3.83. The summed E-state index contributed by atoms with van der Waals surface area (Å²) in [6.45, 7) is 3.38. The maximum absolute atomic E-state index is 12.0. The van der Waals surface area contributed by atoms with Crippen molar-refractivity contribution in [3.63, 3.8) is 0 Å². The monoisotopic (exact) mass is 373 g/mol. The average molecular weight is 374 g/mol. The van der Waals surface area contributed by atoms with Crippen LogP contribution in [-0.4, -0.2) is 24.3 Å². The number of Topliss-reactive ketones (excluding diaryl/α,β-unsaturated/α-hetero) is 1. The van der Waals surface area contributed by atoms with Gasteiger partial charge in [-0.3, -0.25) is 14.4 Å². The molecule has 1 N–H and O–H groups in total. The number of benzene rings is 2. The zero-order chi connectivity index (χ0) is 19.1. The second-order valence-electron chi connectivity index (χ2n) is 5.91. The largest absolute Gasteiger partial charge is 0.456 e. The van der Waals surface area contributed by atoms with Crippen LogP contribution in [0.1, 0.15) is 34.3 Å². The first-order valence-electron chi connectivity index (χ1n) is 8.17. The van der Waals surface area contributed by atoms with Gasteiger partial charge in [-0.25, -0.2) is 0 Å². The predicted octanol–water partition coefficient (Wildman–Crippen LogP) is 4.10. The molecule has 6 heteroatoms. The smallest absolute Gasteiger partial charge is 0.306 e. The molecule has 0 spiro atoms. The summed E-state index contributed by atoms with van der Waals surface area (Å²) in [5.41, 5.74) is 3.05. The van der Waals surface area contributed by atoms with Crippen molar-refractivity contribution < 1.29 is 19.1 Å². The summed E-state index contributed by atoms with van der Waals surface area (Å²) in [5, 5.41) is 3.27. The summed E-state index contributed by atoms with van der Waals surface area (Å²) in [4.78, 5) is 35.7. The number of carbonyl (C=O) groups excluding carboxylic acids is 3. The molecule has 0 aliphatic carbocycles. The summed E-state index contributed by atoms with van der Waals surface area (Å²) < 4.78 is 4.94. The Bertz CT molecular complexity index is 795. The molecular formula is C20H20ClNO4. The van der Waals surface area contributed by atoms with Gasteiger partial charge in [0, 0.05) is 22.7 Å². The van der Waals surface area contributed by atoms with Crippen LogP contribution in [0.3, 0.4) is 0 Å².